The molecular formula is C6H8N4O. The van der Waals surface area contributed by atoms with Crippen molar-refractivity contribution >= 4 is 11.7 Å². The minimum atomic E-state index is 0.0444. The van der Waals surface area contributed by atoms with Crippen LogP contribution in [-0.4, -0.2) is 20.9 Å². The zero-order chi connectivity index (χ0) is 7.84. The molecule has 1 N–H and O–H groups in total. The minimum Gasteiger partial charge on any atom is -0.309 e. The van der Waals surface area contributed by atoms with Crippen LogP contribution in [0.15, 0.2) is 0 Å². The van der Waals surface area contributed by atoms with Gasteiger partial charge < -0.3 is 5.32 Å². The third-order valence-electron chi connectivity index (χ3n) is 1.74. The third kappa shape index (κ3) is 0.886. The summed E-state index contributed by atoms with van der Waals surface area (Å²) in [5.41, 5.74) is 0.882. The number of anilines is 1. The van der Waals surface area contributed by atoms with Gasteiger partial charge in [0.25, 0.3) is 0 Å². The Kier molecular flexibility index (Phi) is 1.18. The Morgan fingerprint density at radius 1 is 1.55 bits per heavy atom. The van der Waals surface area contributed by atoms with Gasteiger partial charge in [0.2, 0.25) is 5.91 Å². The first-order valence-electron chi connectivity index (χ1n) is 3.46. The number of aryl methyl sites for hydroxylation is 2. The van der Waals surface area contributed by atoms with Gasteiger partial charge in [0, 0.05) is 19.9 Å². The van der Waals surface area contributed by atoms with Gasteiger partial charge in [-0.15, -0.1) is 5.10 Å². The van der Waals surface area contributed by atoms with Crippen LogP contribution >= 0.6 is 0 Å². The second-order valence-electron chi connectivity index (χ2n) is 2.56. The molecule has 0 aromatic carbocycles. The van der Waals surface area contributed by atoms with Crippen LogP contribution in [0.4, 0.5) is 5.82 Å². The average molecular weight is 152 g/mol. The predicted octanol–water partition coefficient (Wildman–Crippen LogP) is -0.300. The van der Waals surface area contributed by atoms with Crippen molar-refractivity contribution in [1.82, 2.24) is 15.0 Å². The van der Waals surface area contributed by atoms with Crippen molar-refractivity contribution in [2.45, 2.75) is 12.8 Å². The lowest BCUT2D eigenvalue weighted by Crippen LogP contribution is -2.20. The van der Waals surface area contributed by atoms with Crippen molar-refractivity contribution < 1.29 is 4.79 Å². The van der Waals surface area contributed by atoms with Crippen molar-refractivity contribution in [2.24, 2.45) is 7.05 Å². The first kappa shape index (κ1) is 6.33. The number of carbonyl (C=O) groups is 1. The van der Waals surface area contributed by atoms with E-state index in [1.807, 2.05) is 0 Å². The van der Waals surface area contributed by atoms with Gasteiger partial charge in [0.15, 0.2) is 5.82 Å². The number of fused-ring (bicyclic) bond motifs is 1. The quantitative estimate of drug-likeness (QED) is 0.555. The Labute approximate surface area is 63.4 Å². The molecule has 2 heterocycles. The molecule has 0 saturated heterocycles. The van der Waals surface area contributed by atoms with Gasteiger partial charge in [0.1, 0.15) is 5.69 Å². The Balaban J connectivity index is 2.45. The highest BCUT2D eigenvalue weighted by atomic mass is 16.1. The second kappa shape index (κ2) is 2.05. The molecule has 2 rings (SSSR count). The van der Waals surface area contributed by atoms with Gasteiger partial charge in [-0.3, -0.25) is 4.79 Å². The number of nitrogens with zero attached hydrogens (tertiary/aromatic N) is 3. The highest BCUT2D eigenvalue weighted by Crippen LogP contribution is 2.17. The number of hydrogen-bond acceptors (Lipinski definition) is 3. The molecule has 5 nitrogen and oxygen atoms in total. The van der Waals surface area contributed by atoms with Crippen molar-refractivity contribution in [1.29, 1.82) is 0 Å². The average Bonchev–Trinajstić information content (AvgIpc) is 2.33. The normalized spacial score (nSPS) is 15.9. The van der Waals surface area contributed by atoms with Crippen molar-refractivity contribution in [3.8, 4) is 0 Å². The van der Waals surface area contributed by atoms with Crippen LogP contribution in [0.5, 0.6) is 0 Å². The SMILES string of the molecule is Cn1nnc2c1NC(=O)CC2. The summed E-state index contributed by atoms with van der Waals surface area (Å²) in [6.45, 7) is 0. The molecule has 0 bridgehead atoms. The molecule has 1 aliphatic rings. The molecule has 0 saturated carbocycles. The van der Waals surface area contributed by atoms with Crippen LogP contribution in [0.1, 0.15) is 12.1 Å². The lowest BCUT2D eigenvalue weighted by Gasteiger charge is -2.10. The predicted molar refractivity (Wildman–Crippen MR) is 38.0 cm³/mol. The summed E-state index contributed by atoms with van der Waals surface area (Å²) < 4.78 is 1.58. The van der Waals surface area contributed by atoms with Crippen LogP contribution in [0.2, 0.25) is 0 Å². The first-order valence-corrected chi connectivity index (χ1v) is 3.46. The molecule has 1 aliphatic heterocycles. The van der Waals surface area contributed by atoms with Gasteiger partial charge in [0.05, 0.1) is 0 Å². The van der Waals surface area contributed by atoms with Crippen LogP contribution in [0.25, 0.3) is 0 Å². The summed E-state index contributed by atoms with van der Waals surface area (Å²) in [4.78, 5) is 10.9. The maximum Gasteiger partial charge on any atom is 0.225 e. The summed E-state index contributed by atoms with van der Waals surface area (Å²) in [5.74, 6) is 0.782. The first-order chi connectivity index (χ1) is 5.27. The maximum absolute atomic E-state index is 10.9. The second-order valence-corrected chi connectivity index (χ2v) is 2.56. The molecule has 0 spiro atoms. The van der Waals surface area contributed by atoms with E-state index in [9.17, 15) is 4.79 Å². The number of carbonyl (C=O) groups excluding carboxylic acids is 1. The van der Waals surface area contributed by atoms with E-state index in [2.05, 4.69) is 15.6 Å². The molecule has 11 heavy (non-hydrogen) atoms. The Morgan fingerprint density at radius 3 is 3.18 bits per heavy atom. The summed E-state index contributed by atoms with van der Waals surface area (Å²) in [7, 11) is 1.76. The highest BCUT2D eigenvalue weighted by molar-refractivity contribution is 5.92. The van der Waals surface area contributed by atoms with Gasteiger partial charge in [-0.1, -0.05) is 5.21 Å². The molecule has 0 unspecified atom stereocenters. The zero-order valence-corrected chi connectivity index (χ0v) is 6.16. The Bertz CT molecular complexity index is 304. The molecule has 0 atom stereocenters. The smallest absolute Gasteiger partial charge is 0.225 e. The van der Waals surface area contributed by atoms with E-state index >= 15 is 0 Å². The Hall–Kier alpha value is -1.39. The molecule has 1 amide bonds. The zero-order valence-electron chi connectivity index (χ0n) is 6.16. The van der Waals surface area contributed by atoms with Gasteiger partial charge in [-0.05, 0) is 0 Å². The van der Waals surface area contributed by atoms with Gasteiger partial charge in [-0.25, -0.2) is 4.68 Å². The lowest BCUT2D eigenvalue weighted by atomic mass is 10.2. The molecule has 1 aromatic heterocycles. The standard InChI is InChI=1S/C6H8N4O/c1-10-6-4(8-9-10)2-3-5(11)7-6/h2-3H2,1H3,(H,7,11). The topological polar surface area (TPSA) is 59.8 Å². The van der Waals surface area contributed by atoms with E-state index in [4.69, 9.17) is 0 Å². The fourth-order valence-electron chi connectivity index (χ4n) is 1.15. The summed E-state index contributed by atoms with van der Waals surface area (Å²) in [6, 6.07) is 0. The lowest BCUT2D eigenvalue weighted by molar-refractivity contribution is -0.116. The van der Waals surface area contributed by atoms with E-state index in [-0.39, 0.29) is 5.91 Å². The van der Waals surface area contributed by atoms with E-state index in [0.29, 0.717) is 12.8 Å². The largest absolute Gasteiger partial charge is 0.309 e. The fraction of sp³-hybridized carbons (Fsp3) is 0.500. The van der Waals surface area contributed by atoms with Crippen molar-refractivity contribution in [3.05, 3.63) is 5.69 Å². The van der Waals surface area contributed by atoms with Gasteiger partial charge >= 0.3 is 0 Å². The minimum absolute atomic E-state index is 0.0444. The van der Waals surface area contributed by atoms with E-state index in [1.54, 1.807) is 11.7 Å². The number of hydrogen-bond donors (Lipinski definition) is 1. The number of amides is 1. The van der Waals surface area contributed by atoms with Crippen LogP contribution in [-0.2, 0) is 18.3 Å². The van der Waals surface area contributed by atoms with E-state index in [0.717, 1.165) is 11.5 Å². The van der Waals surface area contributed by atoms with Gasteiger partial charge in [-0.2, -0.15) is 0 Å². The number of nitrogens with one attached hydrogen (secondary N) is 1. The summed E-state index contributed by atoms with van der Waals surface area (Å²) >= 11 is 0. The monoisotopic (exact) mass is 152 g/mol. The van der Waals surface area contributed by atoms with E-state index < -0.39 is 0 Å². The van der Waals surface area contributed by atoms with Crippen LogP contribution < -0.4 is 5.32 Å². The molecular weight excluding hydrogens is 144 g/mol. The third-order valence-corrected chi connectivity index (χ3v) is 1.74. The highest BCUT2D eigenvalue weighted by Gasteiger charge is 2.19. The number of aromatic nitrogens is 3. The fourth-order valence-corrected chi connectivity index (χ4v) is 1.15. The molecule has 1 aromatic rings. The molecule has 0 aliphatic carbocycles. The summed E-state index contributed by atoms with van der Waals surface area (Å²) in [6.07, 6.45) is 1.22. The molecule has 0 radical (unpaired) electrons. The van der Waals surface area contributed by atoms with Crippen molar-refractivity contribution in [3.63, 3.8) is 0 Å². The summed E-state index contributed by atoms with van der Waals surface area (Å²) in [5, 5.41) is 10.4. The Morgan fingerprint density at radius 2 is 2.36 bits per heavy atom. The molecule has 0 fully saturated rings. The maximum atomic E-state index is 10.9. The van der Waals surface area contributed by atoms with E-state index in [1.165, 1.54) is 0 Å². The van der Waals surface area contributed by atoms with Crippen molar-refractivity contribution in [2.75, 3.05) is 5.32 Å². The molecule has 58 valence electrons. The molecule has 5 heteroatoms. The number of rotatable bonds is 0. The van der Waals surface area contributed by atoms with Crippen LogP contribution in [0, 0.1) is 0 Å². The van der Waals surface area contributed by atoms with Crippen LogP contribution in [0.3, 0.4) is 0 Å².